The Bertz CT molecular complexity index is 347. The Hall–Kier alpha value is -1.33. The van der Waals surface area contributed by atoms with Crippen LogP contribution < -0.4 is 11.3 Å². The fraction of sp³-hybridized carbons (Fsp3) is 0.545. The molecule has 0 radical (unpaired) electrons. The molecule has 1 aromatic heterocycles. The van der Waals surface area contributed by atoms with Crippen LogP contribution in [0.5, 0.6) is 0 Å². The molecule has 3 N–H and O–H groups in total. The van der Waals surface area contributed by atoms with Crippen LogP contribution in [0.3, 0.4) is 0 Å². The number of hydrogen-bond acceptors (Lipinski definition) is 4. The van der Waals surface area contributed by atoms with Crippen molar-refractivity contribution in [3.05, 3.63) is 23.7 Å². The maximum Gasteiger partial charge on any atom is 0.268 e. The minimum Gasteiger partial charge on any atom is -0.467 e. The molecule has 5 nitrogen and oxygen atoms in total. The van der Waals surface area contributed by atoms with E-state index in [1.807, 2.05) is 7.05 Å². The lowest BCUT2D eigenvalue weighted by atomic mass is 10.2. The molecule has 0 fully saturated rings. The average Bonchev–Trinajstić information content (AvgIpc) is 2.63. The van der Waals surface area contributed by atoms with Gasteiger partial charge in [0.25, 0.3) is 5.91 Å². The molecule has 1 heterocycles. The second-order valence-corrected chi connectivity index (χ2v) is 4.32. The number of carbonyl (C=O) groups is 1. The molecule has 0 saturated heterocycles. The Balaban J connectivity index is 2.66. The molecular weight excluding hydrogens is 206 g/mol. The summed E-state index contributed by atoms with van der Waals surface area (Å²) in [4.78, 5) is 13.5. The van der Waals surface area contributed by atoms with E-state index in [0.29, 0.717) is 23.8 Å². The lowest BCUT2D eigenvalue weighted by Gasteiger charge is -2.17. The highest BCUT2D eigenvalue weighted by Crippen LogP contribution is 2.13. The third-order valence-corrected chi connectivity index (χ3v) is 2.21. The molecule has 0 atom stereocenters. The Morgan fingerprint density at radius 1 is 1.62 bits per heavy atom. The fourth-order valence-electron chi connectivity index (χ4n) is 1.68. The average molecular weight is 225 g/mol. The minimum absolute atomic E-state index is 0.318. The van der Waals surface area contributed by atoms with Crippen molar-refractivity contribution in [3.63, 3.8) is 0 Å². The van der Waals surface area contributed by atoms with Crippen LogP contribution in [0.15, 0.2) is 16.7 Å². The predicted octanol–water partition coefficient (Wildman–Crippen LogP) is 0.971. The van der Waals surface area contributed by atoms with Crippen LogP contribution >= 0.6 is 0 Å². The normalized spacial score (nSPS) is 11.1. The van der Waals surface area contributed by atoms with E-state index in [-0.39, 0.29) is 5.91 Å². The molecule has 90 valence electrons. The van der Waals surface area contributed by atoms with Gasteiger partial charge in [-0.05, 0) is 19.0 Å². The van der Waals surface area contributed by atoms with Crippen LogP contribution in [0.1, 0.15) is 30.0 Å². The Morgan fingerprint density at radius 3 is 2.88 bits per heavy atom. The minimum atomic E-state index is -0.318. The van der Waals surface area contributed by atoms with E-state index in [1.54, 1.807) is 6.07 Å². The van der Waals surface area contributed by atoms with Gasteiger partial charge in [0.15, 0.2) is 0 Å². The van der Waals surface area contributed by atoms with Crippen molar-refractivity contribution in [2.24, 2.45) is 11.8 Å². The van der Waals surface area contributed by atoms with Crippen molar-refractivity contribution >= 4 is 5.91 Å². The van der Waals surface area contributed by atoms with Crippen molar-refractivity contribution < 1.29 is 9.21 Å². The predicted molar refractivity (Wildman–Crippen MR) is 61.5 cm³/mol. The molecule has 5 heteroatoms. The highest BCUT2D eigenvalue weighted by atomic mass is 16.3. The fourth-order valence-corrected chi connectivity index (χ4v) is 1.68. The summed E-state index contributed by atoms with van der Waals surface area (Å²) in [6.45, 7) is 5.84. The van der Waals surface area contributed by atoms with Gasteiger partial charge in [-0.2, -0.15) is 0 Å². The van der Waals surface area contributed by atoms with E-state index in [1.165, 1.54) is 6.26 Å². The third-order valence-electron chi connectivity index (χ3n) is 2.21. The number of nitrogen functional groups attached to an aromatic ring is 1. The molecule has 0 aromatic carbocycles. The van der Waals surface area contributed by atoms with Gasteiger partial charge in [0.05, 0.1) is 18.4 Å². The zero-order valence-electron chi connectivity index (χ0n) is 9.99. The molecule has 0 aliphatic rings. The largest absolute Gasteiger partial charge is 0.467 e. The first-order valence-electron chi connectivity index (χ1n) is 5.30. The second kappa shape index (κ2) is 5.67. The SMILES string of the molecule is CC(C)CN(C)Cc1occc1C(=O)NN. The molecule has 0 spiro atoms. The standard InChI is InChI=1S/C11H19N3O2/c1-8(2)6-14(3)7-10-9(4-5-16-10)11(15)13-12/h4-5,8H,6-7,12H2,1-3H3,(H,13,15). The van der Waals surface area contributed by atoms with Gasteiger partial charge in [-0.25, -0.2) is 5.84 Å². The van der Waals surface area contributed by atoms with Gasteiger partial charge in [0.1, 0.15) is 5.76 Å². The molecule has 0 saturated carbocycles. The number of nitrogens with zero attached hydrogens (tertiary/aromatic N) is 1. The van der Waals surface area contributed by atoms with Crippen molar-refractivity contribution in [1.82, 2.24) is 10.3 Å². The van der Waals surface area contributed by atoms with Gasteiger partial charge >= 0.3 is 0 Å². The van der Waals surface area contributed by atoms with Crippen LogP contribution in [0.25, 0.3) is 0 Å². The van der Waals surface area contributed by atoms with Gasteiger partial charge in [0, 0.05) is 6.54 Å². The molecule has 1 rings (SSSR count). The summed E-state index contributed by atoms with van der Waals surface area (Å²) >= 11 is 0. The van der Waals surface area contributed by atoms with Crippen LogP contribution in [0.4, 0.5) is 0 Å². The maximum absolute atomic E-state index is 11.4. The van der Waals surface area contributed by atoms with E-state index in [9.17, 15) is 4.79 Å². The smallest absolute Gasteiger partial charge is 0.268 e. The van der Waals surface area contributed by atoms with Crippen LogP contribution in [-0.2, 0) is 6.54 Å². The zero-order chi connectivity index (χ0) is 12.1. The number of amides is 1. The summed E-state index contributed by atoms with van der Waals surface area (Å²) in [5.74, 6) is 5.99. The summed E-state index contributed by atoms with van der Waals surface area (Å²) in [7, 11) is 1.99. The first-order chi connectivity index (χ1) is 7.54. The topological polar surface area (TPSA) is 71.5 Å². The van der Waals surface area contributed by atoms with E-state index >= 15 is 0 Å². The first-order valence-corrected chi connectivity index (χ1v) is 5.30. The summed E-state index contributed by atoms with van der Waals surface area (Å²) in [5, 5.41) is 0. The van der Waals surface area contributed by atoms with E-state index in [2.05, 4.69) is 24.2 Å². The van der Waals surface area contributed by atoms with E-state index < -0.39 is 0 Å². The molecular formula is C11H19N3O2. The quantitative estimate of drug-likeness (QED) is 0.445. The number of nitrogens with two attached hydrogens (primary N) is 1. The molecule has 1 amide bonds. The van der Waals surface area contributed by atoms with Crippen molar-refractivity contribution in [1.29, 1.82) is 0 Å². The number of hydrazine groups is 1. The highest BCUT2D eigenvalue weighted by molar-refractivity contribution is 5.94. The number of carbonyl (C=O) groups excluding carboxylic acids is 1. The third kappa shape index (κ3) is 3.36. The number of hydrogen-bond donors (Lipinski definition) is 2. The summed E-state index contributed by atoms with van der Waals surface area (Å²) in [5.41, 5.74) is 2.60. The zero-order valence-corrected chi connectivity index (χ0v) is 9.99. The van der Waals surface area contributed by atoms with Gasteiger partial charge in [-0.15, -0.1) is 0 Å². The Morgan fingerprint density at radius 2 is 2.31 bits per heavy atom. The van der Waals surface area contributed by atoms with E-state index in [0.717, 1.165) is 6.54 Å². The van der Waals surface area contributed by atoms with Gasteiger partial charge in [-0.3, -0.25) is 15.1 Å². The number of nitrogens with one attached hydrogen (secondary N) is 1. The molecule has 0 bridgehead atoms. The van der Waals surface area contributed by atoms with E-state index in [4.69, 9.17) is 10.3 Å². The summed E-state index contributed by atoms with van der Waals surface area (Å²) in [6, 6.07) is 1.63. The number of rotatable bonds is 5. The van der Waals surface area contributed by atoms with Crippen molar-refractivity contribution in [3.8, 4) is 0 Å². The molecule has 0 aliphatic carbocycles. The summed E-state index contributed by atoms with van der Waals surface area (Å²) < 4.78 is 5.28. The molecule has 16 heavy (non-hydrogen) atoms. The molecule has 0 unspecified atom stereocenters. The van der Waals surface area contributed by atoms with Crippen LogP contribution in [0, 0.1) is 5.92 Å². The van der Waals surface area contributed by atoms with Crippen molar-refractivity contribution in [2.75, 3.05) is 13.6 Å². The van der Waals surface area contributed by atoms with Gasteiger partial charge in [0.2, 0.25) is 0 Å². The monoisotopic (exact) mass is 225 g/mol. The first kappa shape index (κ1) is 12.7. The lowest BCUT2D eigenvalue weighted by molar-refractivity contribution is 0.0950. The van der Waals surface area contributed by atoms with Crippen LogP contribution in [-0.4, -0.2) is 24.4 Å². The Kier molecular flexibility index (Phi) is 4.52. The Labute approximate surface area is 95.6 Å². The molecule has 0 aliphatic heterocycles. The molecule has 1 aromatic rings. The second-order valence-electron chi connectivity index (χ2n) is 4.32. The van der Waals surface area contributed by atoms with Gasteiger partial charge < -0.3 is 4.42 Å². The number of furan rings is 1. The van der Waals surface area contributed by atoms with Crippen LogP contribution in [0.2, 0.25) is 0 Å². The highest BCUT2D eigenvalue weighted by Gasteiger charge is 2.15. The van der Waals surface area contributed by atoms with Crippen molar-refractivity contribution in [2.45, 2.75) is 20.4 Å². The lowest BCUT2D eigenvalue weighted by Crippen LogP contribution is -2.31. The summed E-state index contributed by atoms with van der Waals surface area (Å²) in [6.07, 6.45) is 1.50. The van der Waals surface area contributed by atoms with Gasteiger partial charge in [-0.1, -0.05) is 13.8 Å². The maximum atomic E-state index is 11.4.